The minimum absolute atomic E-state index is 0.0125. The van der Waals surface area contributed by atoms with Gasteiger partial charge in [0.1, 0.15) is 6.29 Å². The number of Topliss-reactive ketones (excluding diaryl/α,β-unsaturated/α-hetero) is 1. The van der Waals surface area contributed by atoms with E-state index >= 15 is 0 Å². The molecule has 0 aromatic rings. The molecule has 0 saturated heterocycles. The molecule has 0 aromatic carbocycles. The van der Waals surface area contributed by atoms with Crippen LogP contribution >= 0.6 is 0 Å². The fourth-order valence-corrected chi connectivity index (χ4v) is 9.26. The van der Waals surface area contributed by atoms with Crippen molar-refractivity contribution >= 4 is 12.1 Å². The minimum atomic E-state index is -0.272. The number of ketones is 1. The summed E-state index contributed by atoms with van der Waals surface area (Å²) in [5.74, 6) is 1.85. The quantitative estimate of drug-likeness (QED) is 0.365. The van der Waals surface area contributed by atoms with Gasteiger partial charge in [-0.15, -0.1) is 0 Å². The van der Waals surface area contributed by atoms with Crippen LogP contribution in [-0.2, 0) is 9.59 Å². The number of hydrogen-bond acceptors (Lipinski definition) is 3. The van der Waals surface area contributed by atoms with E-state index in [2.05, 4.69) is 47.6 Å². The number of aldehydes is 1. The molecule has 0 unspecified atom stereocenters. The second kappa shape index (κ2) is 8.18. The Morgan fingerprint density at radius 2 is 1.82 bits per heavy atom. The van der Waals surface area contributed by atoms with Crippen molar-refractivity contribution in [2.75, 3.05) is 0 Å². The smallest absolute Gasteiger partial charge is 0.159 e. The van der Waals surface area contributed by atoms with Gasteiger partial charge in [-0.25, -0.2) is 0 Å². The van der Waals surface area contributed by atoms with Crippen molar-refractivity contribution in [2.24, 2.45) is 39.4 Å². The van der Waals surface area contributed by atoms with Crippen molar-refractivity contribution < 1.29 is 14.7 Å². The molecule has 4 rings (SSSR count). The van der Waals surface area contributed by atoms with Gasteiger partial charge < -0.3 is 5.11 Å². The van der Waals surface area contributed by atoms with E-state index in [1.165, 1.54) is 24.0 Å². The van der Waals surface area contributed by atoms with Gasteiger partial charge in [-0.1, -0.05) is 53.2 Å². The lowest BCUT2D eigenvalue weighted by atomic mass is 9.43. The molecule has 0 heterocycles. The molecule has 4 aliphatic carbocycles. The van der Waals surface area contributed by atoms with E-state index in [1.54, 1.807) is 0 Å². The van der Waals surface area contributed by atoms with Crippen LogP contribution in [0.3, 0.4) is 0 Å². The Labute approximate surface area is 201 Å². The number of aliphatic hydroxyl groups excluding tert-OH is 1. The van der Waals surface area contributed by atoms with Gasteiger partial charge in [0.15, 0.2) is 5.78 Å². The molecule has 2 saturated carbocycles. The first-order valence-electron chi connectivity index (χ1n) is 13.4. The Kier molecular flexibility index (Phi) is 6.17. The van der Waals surface area contributed by atoms with E-state index in [4.69, 9.17) is 0 Å². The van der Waals surface area contributed by atoms with Gasteiger partial charge in [0.2, 0.25) is 0 Å². The van der Waals surface area contributed by atoms with Crippen LogP contribution in [-0.4, -0.2) is 23.3 Å². The van der Waals surface area contributed by atoms with Crippen LogP contribution in [0.25, 0.3) is 0 Å². The lowest BCUT2D eigenvalue weighted by molar-refractivity contribution is -0.131. The Morgan fingerprint density at radius 3 is 2.48 bits per heavy atom. The van der Waals surface area contributed by atoms with Crippen LogP contribution in [0.4, 0.5) is 0 Å². The van der Waals surface area contributed by atoms with E-state index in [1.807, 2.05) is 6.92 Å². The van der Waals surface area contributed by atoms with Crippen molar-refractivity contribution in [1.82, 2.24) is 0 Å². The number of aliphatic hydroxyl groups is 1. The molecule has 2 fully saturated rings. The number of carbonyl (C=O) groups is 2. The zero-order valence-electron chi connectivity index (χ0n) is 22.1. The van der Waals surface area contributed by atoms with Crippen LogP contribution < -0.4 is 0 Å². The van der Waals surface area contributed by atoms with E-state index in [9.17, 15) is 14.7 Å². The standard InChI is InChI=1S/C30H46O3/c1-19(18-31)9-8-10-20(2)21-13-16-29(6)22-11-12-24-27(3,4)25(33)14-15-28(24,5)26(22)23(32)17-30(21,29)7/h9,18,20-21,24-25,33H,8,10-17H2,1-7H3/b19-9+/t20-,21-,24+,25+,28+,29+,30-/m1/s1. The highest BCUT2D eigenvalue weighted by Gasteiger charge is 2.65. The van der Waals surface area contributed by atoms with Crippen molar-refractivity contribution in [1.29, 1.82) is 0 Å². The van der Waals surface area contributed by atoms with Crippen LogP contribution in [0.5, 0.6) is 0 Å². The second-order valence-electron chi connectivity index (χ2n) is 13.4. The normalized spacial score (nSPS) is 43.6. The molecule has 0 radical (unpaired) electrons. The molecular weight excluding hydrogens is 408 g/mol. The summed E-state index contributed by atoms with van der Waals surface area (Å²) in [6.07, 6.45) is 11.6. The average Bonchev–Trinajstić information content (AvgIpc) is 3.02. The fraction of sp³-hybridized carbons (Fsp3) is 0.800. The molecule has 184 valence electrons. The molecule has 4 aliphatic rings. The summed E-state index contributed by atoms with van der Waals surface area (Å²) in [4.78, 5) is 25.0. The van der Waals surface area contributed by atoms with Crippen molar-refractivity contribution in [3.63, 3.8) is 0 Å². The summed E-state index contributed by atoms with van der Waals surface area (Å²) in [6, 6.07) is 0. The van der Waals surface area contributed by atoms with Crippen molar-refractivity contribution in [3.05, 3.63) is 22.8 Å². The highest BCUT2D eigenvalue weighted by molar-refractivity contribution is 6.00. The molecule has 33 heavy (non-hydrogen) atoms. The zero-order valence-corrected chi connectivity index (χ0v) is 22.1. The molecule has 7 atom stereocenters. The summed E-state index contributed by atoms with van der Waals surface area (Å²) in [7, 11) is 0. The van der Waals surface area contributed by atoms with Gasteiger partial charge in [-0.3, -0.25) is 9.59 Å². The SMILES string of the molecule is C/C(C=O)=C\CC[C@@H](C)[C@H]1CC[C@@]2(C)C3=C(C(=O)C[C@]12C)[C@@]1(C)CC[C@H](O)C(C)(C)[C@@H]1CC3. The second-order valence-corrected chi connectivity index (χ2v) is 13.4. The molecule has 0 bridgehead atoms. The Hall–Kier alpha value is -1.22. The summed E-state index contributed by atoms with van der Waals surface area (Å²) in [6.45, 7) is 15.9. The average molecular weight is 455 g/mol. The van der Waals surface area contributed by atoms with E-state index in [0.717, 1.165) is 50.4 Å². The first-order chi connectivity index (χ1) is 15.3. The Bertz CT molecular complexity index is 894. The number of allylic oxidation sites excluding steroid dienone is 4. The third-order valence-electron chi connectivity index (χ3n) is 11.5. The van der Waals surface area contributed by atoms with E-state index in [0.29, 0.717) is 30.0 Å². The minimum Gasteiger partial charge on any atom is -0.393 e. The van der Waals surface area contributed by atoms with Crippen LogP contribution in [0.1, 0.15) is 106 Å². The van der Waals surface area contributed by atoms with Crippen molar-refractivity contribution in [3.8, 4) is 0 Å². The number of hydrogen-bond donors (Lipinski definition) is 1. The molecular formula is C30H46O3. The number of fused-ring (bicyclic) bond motifs is 4. The predicted octanol–water partition coefficient (Wildman–Crippen LogP) is 6.84. The molecule has 0 amide bonds. The molecule has 3 heteroatoms. The Balaban J connectivity index is 1.68. The third kappa shape index (κ3) is 3.46. The lowest BCUT2D eigenvalue weighted by Gasteiger charge is -2.61. The highest BCUT2D eigenvalue weighted by atomic mass is 16.3. The highest BCUT2D eigenvalue weighted by Crippen LogP contribution is 2.71. The Morgan fingerprint density at radius 1 is 1.12 bits per heavy atom. The topological polar surface area (TPSA) is 54.4 Å². The van der Waals surface area contributed by atoms with Gasteiger partial charge >= 0.3 is 0 Å². The summed E-state index contributed by atoms with van der Waals surface area (Å²) < 4.78 is 0. The van der Waals surface area contributed by atoms with E-state index in [-0.39, 0.29) is 27.8 Å². The van der Waals surface area contributed by atoms with Gasteiger partial charge in [-0.05, 0) is 103 Å². The molecule has 0 aliphatic heterocycles. The molecule has 3 nitrogen and oxygen atoms in total. The summed E-state index contributed by atoms with van der Waals surface area (Å²) in [5, 5.41) is 10.8. The molecule has 0 spiro atoms. The predicted molar refractivity (Wildman–Crippen MR) is 134 cm³/mol. The van der Waals surface area contributed by atoms with Gasteiger partial charge in [-0.2, -0.15) is 0 Å². The molecule has 1 N–H and O–H groups in total. The first kappa shape index (κ1) is 24.9. The van der Waals surface area contributed by atoms with Crippen LogP contribution in [0.2, 0.25) is 0 Å². The lowest BCUT2D eigenvalue weighted by Crippen LogP contribution is -2.57. The van der Waals surface area contributed by atoms with Crippen LogP contribution in [0.15, 0.2) is 22.8 Å². The fourth-order valence-electron chi connectivity index (χ4n) is 9.26. The maximum atomic E-state index is 14.0. The summed E-state index contributed by atoms with van der Waals surface area (Å²) in [5.41, 5.74) is 3.34. The van der Waals surface area contributed by atoms with Gasteiger partial charge in [0, 0.05) is 12.0 Å². The maximum Gasteiger partial charge on any atom is 0.159 e. The van der Waals surface area contributed by atoms with Crippen LogP contribution in [0, 0.1) is 39.4 Å². The van der Waals surface area contributed by atoms with E-state index < -0.39 is 0 Å². The molecule has 0 aromatic heterocycles. The zero-order chi connectivity index (χ0) is 24.4. The number of rotatable bonds is 5. The van der Waals surface area contributed by atoms with Gasteiger partial charge in [0.25, 0.3) is 0 Å². The number of carbonyl (C=O) groups excluding carboxylic acids is 2. The van der Waals surface area contributed by atoms with Crippen molar-refractivity contribution in [2.45, 2.75) is 112 Å². The maximum absolute atomic E-state index is 14.0. The largest absolute Gasteiger partial charge is 0.393 e. The van der Waals surface area contributed by atoms with Gasteiger partial charge in [0.05, 0.1) is 6.10 Å². The third-order valence-corrected chi connectivity index (χ3v) is 11.5. The first-order valence-corrected chi connectivity index (χ1v) is 13.4. The summed E-state index contributed by atoms with van der Waals surface area (Å²) >= 11 is 0. The monoisotopic (exact) mass is 454 g/mol.